The Morgan fingerprint density at radius 3 is 2.26 bits per heavy atom. The number of amides is 1. The van der Waals surface area contributed by atoms with Crippen LogP contribution in [0.2, 0.25) is 0 Å². The smallest absolute Gasteiger partial charge is 0.329 e. The molecule has 2 bridgehead atoms. The van der Waals surface area contributed by atoms with Crippen molar-refractivity contribution in [2.45, 2.75) is 181 Å². The largest absolute Gasteiger partial charge is 0.460 e. The first-order chi connectivity index (χ1) is 30.7. The van der Waals surface area contributed by atoms with Crippen molar-refractivity contribution in [1.29, 1.82) is 0 Å². The second kappa shape index (κ2) is 25.2. The summed E-state index contributed by atoms with van der Waals surface area (Å²) < 4.78 is 29.7. The summed E-state index contributed by atoms with van der Waals surface area (Å²) in [6.45, 7) is 15.1. The Labute approximate surface area is 388 Å². The summed E-state index contributed by atoms with van der Waals surface area (Å²) >= 11 is 0. The SMILES string of the molecule is CO[C@H]1C[C@@H]2CC[C@@H](C)[C@@](O)(O2)C(=O)C(=O)N2CCCC[C@H]2C(=O)O[C@H]([C@H](C)C[C@@H]2CC[C@H](C)[C@H](OC)C2)CC(=O)/C(C)=C/C(C)[C@@H](O)[C@@H](OC)C(=O)[C@H](C)C[C@H](C)C=CC=CC=C1C. The average Bonchev–Trinajstić information content (AvgIpc) is 3.28. The molecule has 0 aromatic rings. The van der Waals surface area contributed by atoms with Crippen LogP contribution in [0.1, 0.15) is 132 Å². The topological polar surface area (TPSA) is 175 Å². The monoisotopic (exact) mass is 912 g/mol. The second-order valence-corrected chi connectivity index (χ2v) is 20.0. The van der Waals surface area contributed by atoms with Gasteiger partial charge in [0.05, 0.1) is 24.4 Å². The first kappa shape index (κ1) is 54.3. The fraction of sp³-hybridized carbons (Fsp3) is 0.750. The minimum Gasteiger partial charge on any atom is -0.460 e. The van der Waals surface area contributed by atoms with Gasteiger partial charge in [0, 0.05) is 58.5 Å². The van der Waals surface area contributed by atoms with Crippen LogP contribution in [0.25, 0.3) is 0 Å². The number of nitrogens with zero attached hydrogens (tertiary/aromatic N) is 1. The number of carbonyl (C=O) groups excluding carboxylic acids is 5. The van der Waals surface area contributed by atoms with E-state index in [2.05, 4.69) is 6.92 Å². The van der Waals surface area contributed by atoms with Gasteiger partial charge in [-0.05, 0) is 113 Å². The maximum absolute atomic E-state index is 14.4. The Kier molecular flexibility index (Phi) is 21.0. The van der Waals surface area contributed by atoms with E-state index in [4.69, 9.17) is 23.7 Å². The van der Waals surface area contributed by atoms with E-state index in [-0.39, 0.29) is 54.8 Å². The predicted octanol–water partition coefficient (Wildman–Crippen LogP) is 7.46. The van der Waals surface area contributed by atoms with Gasteiger partial charge in [-0.25, -0.2) is 4.79 Å². The Morgan fingerprint density at radius 2 is 1.58 bits per heavy atom. The molecule has 1 unspecified atom stereocenters. The Balaban J connectivity index is 1.70. The van der Waals surface area contributed by atoms with Crippen molar-refractivity contribution in [2.75, 3.05) is 27.9 Å². The van der Waals surface area contributed by atoms with Gasteiger partial charge in [0.1, 0.15) is 18.2 Å². The average molecular weight is 912 g/mol. The minimum atomic E-state index is -2.41. The lowest BCUT2D eigenvalue weighted by Gasteiger charge is -2.42. The number of ketones is 3. The van der Waals surface area contributed by atoms with Gasteiger partial charge < -0.3 is 38.8 Å². The first-order valence-corrected chi connectivity index (χ1v) is 24.2. The summed E-state index contributed by atoms with van der Waals surface area (Å²) in [7, 11) is 4.71. The van der Waals surface area contributed by atoms with Crippen LogP contribution in [0.5, 0.6) is 0 Å². The molecule has 1 amide bonds. The van der Waals surface area contributed by atoms with Gasteiger partial charge in [-0.15, -0.1) is 0 Å². The Bertz CT molecular complexity index is 1750. The van der Waals surface area contributed by atoms with Gasteiger partial charge in [0.15, 0.2) is 11.6 Å². The van der Waals surface area contributed by atoms with E-state index in [1.54, 1.807) is 41.1 Å². The van der Waals surface area contributed by atoms with E-state index in [0.717, 1.165) is 24.8 Å². The highest BCUT2D eigenvalue weighted by atomic mass is 16.6. The van der Waals surface area contributed by atoms with Crippen LogP contribution < -0.4 is 0 Å². The van der Waals surface area contributed by atoms with Crippen molar-refractivity contribution in [1.82, 2.24) is 4.90 Å². The van der Waals surface area contributed by atoms with E-state index in [1.807, 2.05) is 58.1 Å². The van der Waals surface area contributed by atoms with Crippen molar-refractivity contribution < 1.29 is 57.9 Å². The molecule has 1 saturated carbocycles. The quantitative estimate of drug-likeness (QED) is 0.199. The molecule has 3 aliphatic heterocycles. The number of aliphatic hydroxyl groups excluding tert-OH is 1. The number of allylic oxidation sites excluding steroid dienone is 6. The fourth-order valence-electron chi connectivity index (χ4n) is 10.4. The summed E-state index contributed by atoms with van der Waals surface area (Å²) in [5.74, 6) is -7.06. The van der Waals surface area contributed by atoms with Crippen molar-refractivity contribution in [3.63, 3.8) is 0 Å². The van der Waals surface area contributed by atoms with Crippen LogP contribution in [0.3, 0.4) is 0 Å². The summed E-state index contributed by atoms with van der Waals surface area (Å²) in [5.41, 5.74) is 1.23. The molecule has 13 nitrogen and oxygen atoms in total. The molecule has 4 aliphatic rings. The molecular weight excluding hydrogens is 831 g/mol. The van der Waals surface area contributed by atoms with Crippen LogP contribution in [0.15, 0.2) is 47.6 Å². The van der Waals surface area contributed by atoms with Crippen molar-refractivity contribution in [3.8, 4) is 0 Å². The van der Waals surface area contributed by atoms with Crippen molar-refractivity contribution >= 4 is 29.2 Å². The maximum Gasteiger partial charge on any atom is 0.329 e. The predicted molar refractivity (Wildman–Crippen MR) is 248 cm³/mol. The minimum absolute atomic E-state index is 0.0331. The molecule has 13 heteroatoms. The molecule has 2 saturated heterocycles. The molecule has 0 aromatic carbocycles. The molecule has 4 rings (SSSR count). The highest BCUT2D eigenvalue weighted by Crippen LogP contribution is 2.38. The van der Waals surface area contributed by atoms with Gasteiger partial charge in [0.2, 0.25) is 5.79 Å². The molecule has 3 heterocycles. The summed E-state index contributed by atoms with van der Waals surface area (Å²) in [4.78, 5) is 71.9. The highest BCUT2D eigenvalue weighted by molar-refractivity contribution is 6.39. The van der Waals surface area contributed by atoms with Gasteiger partial charge >= 0.3 is 5.97 Å². The fourth-order valence-corrected chi connectivity index (χ4v) is 10.4. The molecule has 0 aromatic heterocycles. The Morgan fingerprint density at radius 1 is 0.862 bits per heavy atom. The van der Waals surface area contributed by atoms with E-state index in [1.165, 1.54) is 12.0 Å². The van der Waals surface area contributed by atoms with E-state index in [9.17, 15) is 34.2 Å². The third-order valence-corrected chi connectivity index (χ3v) is 14.9. The molecule has 15 atom stereocenters. The van der Waals surface area contributed by atoms with Gasteiger partial charge in [0.25, 0.3) is 11.7 Å². The number of esters is 1. The van der Waals surface area contributed by atoms with E-state index < -0.39 is 77.8 Å². The number of aliphatic hydroxyl groups is 2. The number of methoxy groups -OCH3 is 3. The highest BCUT2D eigenvalue weighted by Gasteiger charge is 2.53. The summed E-state index contributed by atoms with van der Waals surface area (Å²) in [6, 6.07) is -1.11. The maximum atomic E-state index is 14.4. The van der Waals surface area contributed by atoms with Crippen LogP contribution in [-0.4, -0.2) is 121 Å². The number of ether oxygens (including phenoxy) is 5. The number of hydrogen-bond donors (Lipinski definition) is 2. The number of piperidine rings is 1. The van der Waals surface area contributed by atoms with Crippen molar-refractivity contribution in [3.05, 3.63) is 47.6 Å². The van der Waals surface area contributed by atoms with E-state index >= 15 is 0 Å². The second-order valence-electron chi connectivity index (χ2n) is 20.0. The lowest BCUT2D eigenvalue weighted by molar-refractivity contribution is -0.265. The molecule has 1 aliphatic carbocycles. The zero-order valence-corrected chi connectivity index (χ0v) is 41.2. The molecule has 65 heavy (non-hydrogen) atoms. The molecule has 0 spiro atoms. The number of hydrogen-bond acceptors (Lipinski definition) is 12. The lowest BCUT2D eigenvalue weighted by atomic mass is 9.76. The molecule has 366 valence electrons. The number of carbonyl (C=O) groups is 5. The first-order valence-electron chi connectivity index (χ1n) is 24.2. The lowest BCUT2D eigenvalue weighted by Crippen LogP contribution is -2.61. The normalized spacial score (nSPS) is 38.6. The summed E-state index contributed by atoms with van der Waals surface area (Å²) in [6.07, 6.45) is 13.7. The third kappa shape index (κ3) is 14.3. The van der Waals surface area contributed by atoms with Gasteiger partial charge in [-0.3, -0.25) is 19.2 Å². The van der Waals surface area contributed by atoms with Gasteiger partial charge in [-0.1, -0.05) is 78.0 Å². The standard InChI is InChI=1S/C52H81NO12/c1-31-17-13-12-14-18-32(2)44(62-10)29-40-23-21-38(8)52(60,65-40)49(57)50(58)53-24-16-15-19-41(53)51(59)64-45(35(5)27-39-22-20-33(3)43(28-39)61-9)30-42(54)34(4)26-37(7)47(56)48(63-11)46(55)36(6)25-31/h12-14,17-18,26,31,33,35-41,43-45,47-48,56,60H,15-16,19-25,27-30H2,1-11H3/b14-12?,17-13?,32-18?,34-26+/t31-,33+,35-,36-,37?,38-,39+,40+,41+,43-,44+,45+,47-,48+,52-/m1/s1. The van der Waals surface area contributed by atoms with Crippen LogP contribution in [0.4, 0.5) is 0 Å². The van der Waals surface area contributed by atoms with E-state index in [0.29, 0.717) is 56.4 Å². The number of Topliss-reactive ketones (excluding diaryl/α,β-unsaturated/α-hetero) is 3. The van der Waals surface area contributed by atoms with Crippen LogP contribution >= 0.6 is 0 Å². The summed E-state index contributed by atoms with van der Waals surface area (Å²) in [5, 5.41) is 23.4. The Hall–Kier alpha value is -3.33. The number of cyclic esters (lactones) is 1. The molecule has 2 N–H and O–H groups in total. The number of fused-ring (bicyclic) bond motifs is 3. The van der Waals surface area contributed by atoms with Crippen molar-refractivity contribution in [2.24, 2.45) is 41.4 Å². The molecule has 0 radical (unpaired) electrons. The van der Waals surface area contributed by atoms with Crippen LogP contribution in [-0.2, 0) is 47.7 Å². The molecule has 3 fully saturated rings. The third-order valence-electron chi connectivity index (χ3n) is 14.9. The molecular formula is C52H81NO12. The van der Waals surface area contributed by atoms with Gasteiger partial charge in [-0.2, -0.15) is 0 Å². The van der Waals surface area contributed by atoms with Crippen LogP contribution in [0, 0.1) is 41.4 Å². The zero-order chi connectivity index (χ0) is 48.2. The zero-order valence-electron chi connectivity index (χ0n) is 41.2. The number of rotatable bonds is 6.